The molecule has 0 bridgehead atoms. The van der Waals surface area contributed by atoms with Crippen LogP contribution in [0.3, 0.4) is 0 Å². The molecule has 1 fully saturated rings. The van der Waals surface area contributed by atoms with Crippen LogP contribution in [-0.4, -0.2) is 48.5 Å². The van der Waals surface area contributed by atoms with Gasteiger partial charge in [0.1, 0.15) is 18.2 Å². The fourth-order valence-corrected chi connectivity index (χ4v) is 2.29. The van der Waals surface area contributed by atoms with Crippen molar-refractivity contribution in [2.24, 2.45) is 0 Å². The van der Waals surface area contributed by atoms with Gasteiger partial charge in [-0.1, -0.05) is 0 Å². The standard InChI is InChI=1S/C5H7NO5S/c7-4-2-12(10,11)3-6(4)1-5(8)9/h1-3H2,(H,8,9). The first-order chi connectivity index (χ1) is 5.41. The Kier molecular flexibility index (Phi) is 2.05. The number of amides is 1. The highest BCUT2D eigenvalue weighted by molar-refractivity contribution is 7.92. The lowest BCUT2D eigenvalue weighted by Gasteiger charge is -2.08. The molecule has 0 atom stereocenters. The number of carboxylic acid groups (broad SMARTS) is 1. The lowest BCUT2D eigenvalue weighted by Crippen LogP contribution is -2.31. The zero-order valence-electron chi connectivity index (χ0n) is 6.06. The minimum Gasteiger partial charge on any atom is -0.480 e. The maximum atomic E-state index is 10.8. The van der Waals surface area contributed by atoms with E-state index in [2.05, 4.69) is 0 Å². The Morgan fingerprint density at radius 1 is 1.58 bits per heavy atom. The second kappa shape index (κ2) is 2.74. The predicted octanol–water partition coefficient (Wildman–Crippen LogP) is -1.71. The summed E-state index contributed by atoms with van der Waals surface area (Å²) in [6.45, 7) is -0.544. The number of carbonyl (C=O) groups excluding carboxylic acids is 1. The van der Waals surface area contributed by atoms with Crippen molar-refractivity contribution in [3.8, 4) is 0 Å². The Balaban J connectivity index is 2.71. The van der Waals surface area contributed by atoms with Crippen molar-refractivity contribution in [2.75, 3.05) is 18.2 Å². The Labute approximate surface area is 68.7 Å². The molecule has 0 spiro atoms. The number of sulfone groups is 1. The minimum absolute atomic E-state index is 0.474. The van der Waals surface area contributed by atoms with Gasteiger partial charge in [-0.05, 0) is 0 Å². The van der Waals surface area contributed by atoms with Gasteiger partial charge in [-0.2, -0.15) is 0 Å². The van der Waals surface area contributed by atoms with E-state index in [4.69, 9.17) is 5.11 Å². The van der Waals surface area contributed by atoms with Crippen molar-refractivity contribution in [3.05, 3.63) is 0 Å². The monoisotopic (exact) mass is 193 g/mol. The maximum Gasteiger partial charge on any atom is 0.323 e. The van der Waals surface area contributed by atoms with Crippen molar-refractivity contribution in [3.63, 3.8) is 0 Å². The summed E-state index contributed by atoms with van der Waals surface area (Å²) in [4.78, 5) is 21.7. The Hall–Kier alpha value is -1.11. The molecule has 1 amide bonds. The zero-order chi connectivity index (χ0) is 9.35. The first-order valence-corrected chi connectivity index (χ1v) is 4.93. The van der Waals surface area contributed by atoms with E-state index in [1.165, 1.54) is 0 Å². The summed E-state index contributed by atoms with van der Waals surface area (Å²) in [5.74, 6) is -2.89. The second-order valence-corrected chi connectivity index (χ2v) is 4.54. The topological polar surface area (TPSA) is 91.8 Å². The SMILES string of the molecule is O=C(O)CN1CS(=O)(=O)CC1=O. The quantitative estimate of drug-likeness (QED) is 0.563. The fraction of sp³-hybridized carbons (Fsp3) is 0.600. The van der Waals surface area contributed by atoms with Crippen molar-refractivity contribution in [1.29, 1.82) is 0 Å². The zero-order valence-corrected chi connectivity index (χ0v) is 6.87. The summed E-state index contributed by atoms with van der Waals surface area (Å²) in [5, 5.41) is 8.27. The molecule has 0 unspecified atom stereocenters. The molecule has 7 heteroatoms. The number of hydrogen-bond donors (Lipinski definition) is 1. The lowest BCUT2D eigenvalue weighted by atomic mass is 10.5. The molecular weight excluding hydrogens is 186 g/mol. The predicted molar refractivity (Wildman–Crippen MR) is 38.0 cm³/mol. The van der Waals surface area contributed by atoms with E-state index in [1.54, 1.807) is 0 Å². The van der Waals surface area contributed by atoms with E-state index in [9.17, 15) is 18.0 Å². The molecule has 0 aliphatic carbocycles. The summed E-state index contributed by atoms with van der Waals surface area (Å²) < 4.78 is 21.6. The van der Waals surface area contributed by atoms with Gasteiger partial charge < -0.3 is 10.0 Å². The van der Waals surface area contributed by atoms with E-state index in [1.807, 2.05) is 0 Å². The Bertz CT molecular complexity index is 319. The normalized spacial score (nSPS) is 21.3. The number of carboxylic acids is 1. The highest BCUT2D eigenvalue weighted by Gasteiger charge is 2.33. The molecule has 1 aliphatic heterocycles. The molecule has 0 aromatic rings. The van der Waals surface area contributed by atoms with E-state index >= 15 is 0 Å². The first-order valence-electron chi connectivity index (χ1n) is 3.11. The van der Waals surface area contributed by atoms with Gasteiger partial charge in [0.25, 0.3) is 0 Å². The van der Waals surface area contributed by atoms with Crippen LogP contribution in [0.25, 0.3) is 0 Å². The van der Waals surface area contributed by atoms with Crippen molar-refractivity contribution < 1.29 is 23.1 Å². The van der Waals surface area contributed by atoms with Crippen LogP contribution in [-0.2, 0) is 19.4 Å². The van der Waals surface area contributed by atoms with Crippen LogP contribution in [0.2, 0.25) is 0 Å². The highest BCUT2D eigenvalue weighted by Crippen LogP contribution is 2.07. The van der Waals surface area contributed by atoms with Crippen LogP contribution in [0.1, 0.15) is 0 Å². The number of rotatable bonds is 2. The average molecular weight is 193 g/mol. The van der Waals surface area contributed by atoms with Crippen LogP contribution in [0.4, 0.5) is 0 Å². The summed E-state index contributed by atoms with van der Waals surface area (Å²) in [6.07, 6.45) is 0. The number of hydrogen-bond acceptors (Lipinski definition) is 4. The van der Waals surface area contributed by atoms with Gasteiger partial charge in [0.05, 0.1) is 0 Å². The molecule has 1 saturated heterocycles. The summed E-state index contributed by atoms with van der Waals surface area (Å²) in [5.41, 5.74) is 0. The van der Waals surface area contributed by atoms with Crippen LogP contribution in [0, 0.1) is 0 Å². The van der Waals surface area contributed by atoms with Crippen LogP contribution >= 0.6 is 0 Å². The van der Waals surface area contributed by atoms with Crippen molar-refractivity contribution in [2.45, 2.75) is 0 Å². The largest absolute Gasteiger partial charge is 0.480 e. The average Bonchev–Trinajstić information content (AvgIpc) is 2.03. The minimum atomic E-state index is -3.38. The van der Waals surface area contributed by atoms with Crippen LogP contribution < -0.4 is 0 Å². The molecular formula is C5H7NO5S. The molecule has 68 valence electrons. The Morgan fingerprint density at radius 2 is 2.17 bits per heavy atom. The van der Waals surface area contributed by atoms with Gasteiger partial charge in [0, 0.05) is 0 Å². The van der Waals surface area contributed by atoms with Gasteiger partial charge in [-0.15, -0.1) is 0 Å². The van der Waals surface area contributed by atoms with Gasteiger partial charge in [0.2, 0.25) is 5.91 Å². The van der Waals surface area contributed by atoms with Crippen molar-refractivity contribution >= 4 is 21.7 Å². The van der Waals surface area contributed by atoms with Crippen molar-refractivity contribution in [1.82, 2.24) is 4.90 Å². The number of nitrogens with zero attached hydrogens (tertiary/aromatic N) is 1. The maximum absolute atomic E-state index is 10.8. The number of carbonyl (C=O) groups is 2. The molecule has 1 heterocycles. The molecule has 0 aromatic heterocycles. The van der Waals surface area contributed by atoms with Gasteiger partial charge in [-0.25, -0.2) is 8.42 Å². The fourth-order valence-electron chi connectivity index (χ4n) is 0.932. The van der Waals surface area contributed by atoms with E-state index in [0.29, 0.717) is 0 Å². The third kappa shape index (κ3) is 1.94. The molecule has 12 heavy (non-hydrogen) atoms. The second-order valence-electron chi connectivity index (χ2n) is 2.50. The highest BCUT2D eigenvalue weighted by atomic mass is 32.2. The molecule has 6 nitrogen and oxygen atoms in total. The van der Waals surface area contributed by atoms with Crippen LogP contribution in [0.5, 0.6) is 0 Å². The molecule has 0 aromatic carbocycles. The van der Waals surface area contributed by atoms with E-state index < -0.39 is 39.9 Å². The van der Waals surface area contributed by atoms with Gasteiger partial charge in [-0.3, -0.25) is 9.59 Å². The van der Waals surface area contributed by atoms with Crippen LogP contribution in [0.15, 0.2) is 0 Å². The molecule has 1 N–H and O–H groups in total. The first kappa shape index (κ1) is 8.98. The number of aliphatic carboxylic acids is 1. The molecule has 0 radical (unpaired) electrons. The summed E-state index contributed by atoms with van der Waals surface area (Å²) in [6, 6.07) is 0. The lowest BCUT2D eigenvalue weighted by molar-refractivity contribution is -0.142. The smallest absolute Gasteiger partial charge is 0.323 e. The van der Waals surface area contributed by atoms with E-state index in [0.717, 1.165) is 4.90 Å². The summed E-state index contributed by atoms with van der Waals surface area (Å²) >= 11 is 0. The summed E-state index contributed by atoms with van der Waals surface area (Å²) in [7, 11) is -3.38. The molecule has 1 aliphatic rings. The molecule has 0 saturated carbocycles. The Morgan fingerprint density at radius 3 is 2.50 bits per heavy atom. The molecule has 1 rings (SSSR count). The van der Waals surface area contributed by atoms with Gasteiger partial charge >= 0.3 is 5.97 Å². The third-order valence-electron chi connectivity index (χ3n) is 1.37. The third-order valence-corrected chi connectivity index (χ3v) is 2.77. The van der Waals surface area contributed by atoms with E-state index in [-0.39, 0.29) is 0 Å². The van der Waals surface area contributed by atoms with Gasteiger partial charge in [0.15, 0.2) is 9.84 Å².